The van der Waals surface area contributed by atoms with Crippen LogP contribution in [0.3, 0.4) is 0 Å². The van der Waals surface area contributed by atoms with Crippen LogP contribution in [0.2, 0.25) is 0 Å². The lowest BCUT2D eigenvalue weighted by molar-refractivity contribution is 0.142. The Balaban J connectivity index is 1.62. The number of aryl methyl sites for hydroxylation is 1. The van der Waals surface area contributed by atoms with Gasteiger partial charge in [-0.2, -0.15) is 0 Å². The van der Waals surface area contributed by atoms with Crippen LogP contribution in [0.15, 0.2) is 4.99 Å². The summed E-state index contributed by atoms with van der Waals surface area (Å²) in [6.07, 6.45) is 9.93. The van der Waals surface area contributed by atoms with Crippen molar-refractivity contribution in [3.8, 4) is 0 Å². The molecule has 25 heavy (non-hydrogen) atoms. The highest BCUT2D eigenvalue weighted by Crippen LogP contribution is 2.33. The van der Waals surface area contributed by atoms with Gasteiger partial charge in [0.15, 0.2) is 11.8 Å². The third-order valence-electron chi connectivity index (χ3n) is 5.74. The summed E-state index contributed by atoms with van der Waals surface area (Å²) in [5.74, 6) is 3.21. The highest BCUT2D eigenvalue weighted by atomic mass is 15.3. The lowest BCUT2D eigenvalue weighted by Crippen LogP contribution is -2.49. The standard InChI is InChI=1S/C19H34N6/c1-4-10-19(2)11-8-12-24(15-19)18(20-3)21-14-17-23-22-16-9-6-5-7-13-25(16)17/h4-15H2,1-3H3,(H,20,21). The molecular formula is C19H34N6. The monoisotopic (exact) mass is 346 g/mol. The SMILES string of the molecule is CCCC1(C)CCCN(C(=NC)NCc2nnc3n2CCCCC3)C1. The summed E-state index contributed by atoms with van der Waals surface area (Å²) in [5, 5.41) is 12.4. The first-order valence-electron chi connectivity index (χ1n) is 10.0. The molecule has 1 atom stereocenters. The molecule has 1 fully saturated rings. The number of likely N-dealkylation sites (tertiary alicyclic amines) is 1. The number of guanidine groups is 1. The molecule has 1 aromatic heterocycles. The van der Waals surface area contributed by atoms with E-state index in [1.54, 1.807) is 0 Å². The second-order valence-corrected chi connectivity index (χ2v) is 7.98. The van der Waals surface area contributed by atoms with Crippen molar-refractivity contribution in [2.75, 3.05) is 20.1 Å². The van der Waals surface area contributed by atoms with E-state index in [2.05, 4.69) is 43.8 Å². The minimum Gasteiger partial charge on any atom is -0.349 e. The van der Waals surface area contributed by atoms with Crippen LogP contribution in [0, 0.1) is 5.41 Å². The van der Waals surface area contributed by atoms with Crippen LogP contribution in [-0.2, 0) is 19.5 Å². The van der Waals surface area contributed by atoms with Gasteiger partial charge >= 0.3 is 0 Å². The zero-order chi connectivity index (χ0) is 17.7. The lowest BCUT2D eigenvalue weighted by Gasteiger charge is -2.42. The molecule has 0 bridgehead atoms. The molecule has 1 aromatic rings. The number of nitrogens with one attached hydrogen (secondary N) is 1. The van der Waals surface area contributed by atoms with Crippen molar-refractivity contribution in [2.24, 2.45) is 10.4 Å². The molecule has 1 unspecified atom stereocenters. The van der Waals surface area contributed by atoms with E-state index >= 15 is 0 Å². The molecule has 0 radical (unpaired) electrons. The van der Waals surface area contributed by atoms with Crippen LogP contribution in [0.5, 0.6) is 0 Å². The van der Waals surface area contributed by atoms with Gasteiger partial charge in [0, 0.05) is 33.1 Å². The van der Waals surface area contributed by atoms with Crippen molar-refractivity contribution in [3.05, 3.63) is 11.6 Å². The third kappa shape index (κ3) is 4.33. The molecule has 0 amide bonds. The fourth-order valence-electron chi connectivity index (χ4n) is 4.47. The highest BCUT2D eigenvalue weighted by molar-refractivity contribution is 5.79. The van der Waals surface area contributed by atoms with E-state index in [0.29, 0.717) is 12.0 Å². The fourth-order valence-corrected chi connectivity index (χ4v) is 4.47. The first-order chi connectivity index (χ1) is 12.1. The van der Waals surface area contributed by atoms with E-state index in [4.69, 9.17) is 0 Å². The summed E-state index contributed by atoms with van der Waals surface area (Å²) in [4.78, 5) is 6.97. The van der Waals surface area contributed by atoms with Crippen LogP contribution >= 0.6 is 0 Å². The van der Waals surface area contributed by atoms with Crippen molar-refractivity contribution >= 4 is 5.96 Å². The van der Waals surface area contributed by atoms with E-state index in [9.17, 15) is 0 Å². The van der Waals surface area contributed by atoms with Crippen molar-refractivity contribution in [2.45, 2.75) is 78.3 Å². The van der Waals surface area contributed by atoms with E-state index in [1.165, 1.54) is 44.9 Å². The number of rotatable bonds is 4. The molecule has 1 N–H and O–H groups in total. The minimum absolute atomic E-state index is 0.413. The van der Waals surface area contributed by atoms with Gasteiger partial charge in [-0.3, -0.25) is 4.99 Å². The van der Waals surface area contributed by atoms with E-state index in [-0.39, 0.29) is 0 Å². The molecule has 140 valence electrons. The normalized spacial score (nSPS) is 24.8. The van der Waals surface area contributed by atoms with E-state index in [0.717, 1.165) is 43.7 Å². The van der Waals surface area contributed by atoms with Crippen LogP contribution < -0.4 is 5.32 Å². The summed E-state index contributed by atoms with van der Waals surface area (Å²) in [6.45, 7) is 8.66. The molecule has 1 saturated heterocycles. The van der Waals surface area contributed by atoms with Gasteiger partial charge in [-0.15, -0.1) is 10.2 Å². The Hall–Kier alpha value is -1.59. The van der Waals surface area contributed by atoms with Crippen LogP contribution in [0.4, 0.5) is 0 Å². The Kier molecular flexibility index (Phi) is 5.97. The maximum Gasteiger partial charge on any atom is 0.194 e. The topological polar surface area (TPSA) is 58.3 Å². The van der Waals surface area contributed by atoms with Gasteiger partial charge < -0.3 is 14.8 Å². The average molecular weight is 347 g/mol. The Morgan fingerprint density at radius 1 is 1.20 bits per heavy atom. The molecule has 0 saturated carbocycles. The molecule has 0 aromatic carbocycles. The molecule has 6 nitrogen and oxygen atoms in total. The molecule has 2 aliphatic heterocycles. The van der Waals surface area contributed by atoms with Crippen LogP contribution in [-0.4, -0.2) is 45.8 Å². The first kappa shape index (κ1) is 18.2. The maximum atomic E-state index is 4.54. The van der Waals surface area contributed by atoms with Crippen molar-refractivity contribution in [3.63, 3.8) is 0 Å². The second kappa shape index (κ2) is 8.19. The average Bonchev–Trinajstić information content (AvgIpc) is 2.83. The van der Waals surface area contributed by atoms with Crippen molar-refractivity contribution in [1.82, 2.24) is 25.0 Å². The van der Waals surface area contributed by atoms with Gasteiger partial charge in [0.25, 0.3) is 0 Å². The summed E-state index contributed by atoms with van der Waals surface area (Å²) in [5.41, 5.74) is 0.413. The number of aliphatic imine (C=N–C) groups is 1. The van der Waals surface area contributed by atoms with Gasteiger partial charge in [0.2, 0.25) is 0 Å². The number of fused-ring (bicyclic) bond motifs is 1. The van der Waals surface area contributed by atoms with Gasteiger partial charge in [-0.05, 0) is 37.5 Å². The van der Waals surface area contributed by atoms with Crippen LogP contribution in [0.1, 0.15) is 70.4 Å². The molecule has 3 rings (SSSR count). The fraction of sp³-hybridized carbons (Fsp3) is 0.842. The van der Waals surface area contributed by atoms with Gasteiger partial charge in [0.05, 0.1) is 6.54 Å². The number of nitrogens with zero attached hydrogens (tertiary/aromatic N) is 5. The highest BCUT2D eigenvalue weighted by Gasteiger charge is 2.31. The lowest BCUT2D eigenvalue weighted by atomic mass is 9.78. The zero-order valence-electron chi connectivity index (χ0n) is 16.2. The van der Waals surface area contributed by atoms with Crippen molar-refractivity contribution in [1.29, 1.82) is 0 Å². The van der Waals surface area contributed by atoms with Gasteiger partial charge in [-0.25, -0.2) is 0 Å². The minimum atomic E-state index is 0.413. The Bertz CT molecular complexity index is 589. The van der Waals surface area contributed by atoms with E-state index in [1.807, 2.05) is 7.05 Å². The van der Waals surface area contributed by atoms with Gasteiger partial charge in [0.1, 0.15) is 5.82 Å². The number of aromatic nitrogens is 3. The van der Waals surface area contributed by atoms with Gasteiger partial charge in [-0.1, -0.05) is 26.7 Å². The predicted octanol–water partition coefficient (Wildman–Crippen LogP) is 2.98. The number of hydrogen-bond donors (Lipinski definition) is 1. The first-order valence-corrected chi connectivity index (χ1v) is 10.0. The number of hydrogen-bond acceptors (Lipinski definition) is 3. The Labute approximate surface area is 152 Å². The smallest absolute Gasteiger partial charge is 0.194 e. The molecular weight excluding hydrogens is 312 g/mol. The summed E-state index contributed by atoms with van der Waals surface area (Å²) in [7, 11) is 1.89. The molecule has 0 spiro atoms. The quantitative estimate of drug-likeness (QED) is 0.673. The summed E-state index contributed by atoms with van der Waals surface area (Å²) >= 11 is 0. The molecule has 0 aliphatic carbocycles. The van der Waals surface area contributed by atoms with Crippen LogP contribution in [0.25, 0.3) is 0 Å². The predicted molar refractivity (Wildman–Crippen MR) is 102 cm³/mol. The summed E-state index contributed by atoms with van der Waals surface area (Å²) in [6, 6.07) is 0. The molecule has 6 heteroatoms. The Morgan fingerprint density at radius 3 is 2.88 bits per heavy atom. The largest absolute Gasteiger partial charge is 0.349 e. The summed E-state index contributed by atoms with van der Waals surface area (Å²) < 4.78 is 2.31. The Morgan fingerprint density at radius 2 is 2.08 bits per heavy atom. The third-order valence-corrected chi connectivity index (χ3v) is 5.74. The number of piperidine rings is 1. The molecule has 2 aliphatic rings. The maximum absolute atomic E-state index is 4.54. The zero-order valence-corrected chi connectivity index (χ0v) is 16.2. The van der Waals surface area contributed by atoms with E-state index < -0.39 is 0 Å². The molecule has 3 heterocycles. The second-order valence-electron chi connectivity index (χ2n) is 7.98. The van der Waals surface area contributed by atoms with Crippen molar-refractivity contribution < 1.29 is 0 Å².